The van der Waals surface area contributed by atoms with Crippen LogP contribution < -0.4 is 0 Å². The van der Waals surface area contributed by atoms with Crippen LogP contribution in [0.25, 0.3) is 0 Å². The number of ether oxygens (including phenoxy) is 3. The van der Waals surface area contributed by atoms with E-state index in [0.717, 1.165) is 0 Å². The lowest BCUT2D eigenvalue weighted by atomic mass is 10.2. The van der Waals surface area contributed by atoms with Crippen molar-refractivity contribution in [3.8, 4) is 0 Å². The zero-order chi connectivity index (χ0) is 21.3. The van der Waals surface area contributed by atoms with E-state index in [-0.39, 0.29) is 16.2 Å². The number of aliphatic hydroxyl groups excluding tert-OH is 1. The summed E-state index contributed by atoms with van der Waals surface area (Å²) in [5.74, 6) is 0. The second-order valence-electron chi connectivity index (χ2n) is 10.5. The molecule has 1 N–H and O–H groups in total. The van der Waals surface area contributed by atoms with Gasteiger partial charge in [0.1, 0.15) is 6.10 Å². The molecule has 0 saturated carbocycles. The maximum atomic E-state index is 10.2. The van der Waals surface area contributed by atoms with Gasteiger partial charge in [0, 0.05) is 7.11 Å². The molecule has 0 aromatic rings. The molecule has 4 atom stereocenters. The second-order valence-corrected chi connectivity index (χ2v) is 20.1. The lowest BCUT2D eigenvalue weighted by molar-refractivity contribution is -0.331. The fourth-order valence-electron chi connectivity index (χ4n) is 2.21. The van der Waals surface area contributed by atoms with Gasteiger partial charge in [-0.3, -0.25) is 0 Å². The maximum absolute atomic E-state index is 10.2. The van der Waals surface area contributed by atoms with Gasteiger partial charge >= 0.3 is 0 Å². The largest absolute Gasteiger partial charge is 0.414 e. The number of hydrogen-bond donors (Lipinski definition) is 1. The van der Waals surface area contributed by atoms with Crippen molar-refractivity contribution < 1.29 is 28.2 Å². The van der Waals surface area contributed by atoms with E-state index < -0.39 is 35.3 Å². The molecule has 1 rings (SSSR count). The first kappa shape index (κ1) is 25.2. The molecule has 0 radical (unpaired) electrons. The minimum atomic E-state index is -2.05. The van der Waals surface area contributed by atoms with Gasteiger partial charge in [0.2, 0.25) is 12.6 Å². The molecule has 0 aliphatic carbocycles. The molecule has 1 saturated heterocycles. The second kappa shape index (κ2) is 8.91. The van der Waals surface area contributed by atoms with Crippen LogP contribution in [0.2, 0.25) is 36.3 Å². The van der Waals surface area contributed by atoms with E-state index in [1.54, 1.807) is 0 Å². The average Bonchev–Trinajstić information content (AvgIpc) is 2.49. The van der Waals surface area contributed by atoms with Crippen LogP contribution in [0.3, 0.4) is 0 Å². The predicted octanol–water partition coefficient (Wildman–Crippen LogP) is 4.10. The summed E-state index contributed by atoms with van der Waals surface area (Å²) < 4.78 is 29.6. The van der Waals surface area contributed by atoms with Crippen LogP contribution in [0.15, 0.2) is 0 Å². The van der Waals surface area contributed by atoms with Crippen molar-refractivity contribution in [1.82, 2.24) is 0 Å². The van der Waals surface area contributed by atoms with Crippen LogP contribution in [-0.4, -0.2) is 66.9 Å². The van der Waals surface area contributed by atoms with Crippen molar-refractivity contribution in [2.45, 2.75) is 103 Å². The zero-order valence-corrected chi connectivity index (χ0v) is 21.2. The van der Waals surface area contributed by atoms with Gasteiger partial charge in [-0.1, -0.05) is 41.5 Å². The summed E-state index contributed by atoms with van der Waals surface area (Å²) in [6.45, 7) is 22.9. The Morgan fingerprint density at radius 3 is 1.93 bits per heavy atom. The molecule has 1 aliphatic heterocycles. The summed E-state index contributed by atoms with van der Waals surface area (Å²) >= 11 is 0. The first-order valence-corrected chi connectivity index (χ1v) is 15.6. The van der Waals surface area contributed by atoms with Gasteiger partial charge in [-0.25, -0.2) is 0 Å². The Morgan fingerprint density at radius 1 is 1.00 bits per heavy atom. The molecule has 0 aromatic heterocycles. The highest BCUT2D eigenvalue weighted by molar-refractivity contribution is 6.74. The van der Waals surface area contributed by atoms with Crippen LogP contribution in [0.4, 0.5) is 0 Å². The van der Waals surface area contributed by atoms with Crippen molar-refractivity contribution >= 4 is 16.6 Å². The Labute approximate surface area is 168 Å². The first-order valence-electron chi connectivity index (χ1n) is 9.81. The van der Waals surface area contributed by atoms with Crippen molar-refractivity contribution in [1.29, 1.82) is 0 Å². The van der Waals surface area contributed by atoms with Crippen LogP contribution in [0.5, 0.6) is 0 Å². The van der Waals surface area contributed by atoms with E-state index in [2.05, 4.69) is 67.7 Å². The van der Waals surface area contributed by atoms with Crippen molar-refractivity contribution in [3.63, 3.8) is 0 Å². The number of aliphatic hydroxyl groups is 1. The Kier molecular flexibility index (Phi) is 8.33. The summed E-state index contributed by atoms with van der Waals surface area (Å²) in [6, 6.07) is 0. The van der Waals surface area contributed by atoms with Gasteiger partial charge in [-0.05, 0) is 36.3 Å². The highest BCUT2D eigenvalue weighted by Gasteiger charge is 2.45. The van der Waals surface area contributed by atoms with Crippen molar-refractivity contribution in [2.75, 3.05) is 20.3 Å². The summed E-state index contributed by atoms with van der Waals surface area (Å²) in [4.78, 5) is 0. The third kappa shape index (κ3) is 6.60. The van der Waals surface area contributed by atoms with Crippen LogP contribution in [-0.2, 0) is 23.1 Å². The quantitative estimate of drug-likeness (QED) is 0.623. The maximum Gasteiger partial charge on any atom is 0.209 e. The van der Waals surface area contributed by atoms with E-state index in [1.807, 2.05) is 0 Å². The molecule has 0 amide bonds. The molecule has 6 nitrogen and oxygen atoms in total. The molecule has 8 heteroatoms. The summed E-state index contributed by atoms with van der Waals surface area (Å²) in [6.07, 6.45) is -2.60. The molecule has 0 spiro atoms. The molecule has 1 aliphatic rings. The number of methoxy groups -OCH3 is 1. The molecular formula is C19H42O6Si2. The standard InChI is InChI=1S/C19H42O6Si2/c1-18(2,3)26(8,9)23-13-15(25-27(10,11)19(4,5)6)14-12-22-17(21-7)16(20)24-14/h14-17,20H,12-13H2,1-11H3/t14-,15+,16?,17+/m1/s1. The van der Waals surface area contributed by atoms with Crippen LogP contribution in [0.1, 0.15) is 41.5 Å². The normalized spacial score (nSPS) is 26.9. The number of rotatable bonds is 7. The van der Waals surface area contributed by atoms with Crippen molar-refractivity contribution in [2.24, 2.45) is 0 Å². The van der Waals surface area contributed by atoms with E-state index >= 15 is 0 Å². The Bertz CT molecular complexity index is 470. The molecule has 27 heavy (non-hydrogen) atoms. The Balaban J connectivity index is 2.97. The molecular weight excluding hydrogens is 380 g/mol. The molecule has 0 aromatic carbocycles. The highest BCUT2D eigenvalue weighted by Crippen LogP contribution is 2.40. The first-order chi connectivity index (χ1) is 12.0. The van der Waals surface area contributed by atoms with Gasteiger partial charge in [0.05, 0.1) is 19.3 Å². The van der Waals surface area contributed by atoms with Crippen molar-refractivity contribution in [3.05, 3.63) is 0 Å². The van der Waals surface area contributed by atoms with E-state index in [1.165, 1.54) is 7.11 Å². The zero-order valence-electron chi connectivity index (χ0n) is 19.2. The average molecular weight is 423 g/mol. The van der Waals surface area contributed by atoms with Gasteiger partial charge in [0.25, 0.3) is 0 Å². The van der Waals surface area contributed by atoms with Gasteiger partial charge in [-0.2, -0.15) is 0 Å². The number of hydrogen-bond acceptors (Lipinski definition) is 6. The molecule has 162 valence electrons. The lowest BCUT2D eigenvalue weighted by Gasteiger charge is -2.45. The summed E-state index contributed by atoms with van der Waals surface area (Å²) in [5, 5.41) is 10.3. The smallest absolute Gasteiger partial charge is 0.209 e. The highest BCUT2D eigenvalue weighted by atomic mass is 28.4. The van der Waals surface area contributed by atoms with Gasteiger partial charge < -0.3 is 28.2 Å². The Morgan fingerprint density at radius 2 is 1.52 bits per heavy atom. The summed E-state index contributed by atoms with van der Waals surface area (Å²) in [7, 11) is -2.50. The van der Waals surface area contributed by atoms with Crippen LogP contribution >= 0.6 is 0 Å². The minimum Gasteiger partial charge on any atom is -0.414 e. The van der Waals surface area contributed by atoms with Gasteiger partial charge in [0.15, 0.2) is 16.6 Å². The predicted molar refractivity (Wildman–Crippen MR) is 113 cm³/mol. The SMILES string of the molecule is CO[C@H]1OC[C@H]([C@H](CO[Si](C)(C)C(C)(C)C)O[Si](C)(C)C(C)(C)C)OC1O. The van der Waals surface area contributed by atoms with E-state index in [9.17, 15) is 5.11 Å². The van der Waals surface area contributed by atoms with E-state index in [4.69, 9.17) is 23.1 Å². The topological polar surface area (TPSA) is 66.4 Å². The summed E-state index contributed by atoms with van der Waals surface area (Å²) in [5.41, 5.74) is 0. The minimum absolute atomic E-state index is 0.0609. The van der Waals surface area contributed by atoms with E-state index in [0.29, 0.717) is 13.2 Å². The molecule has 1 fully saturated rings. The van der Waals surface area contributed by atoms with Gasteiger partial charge in [-0.15, -0.1) is 0 Å². The monoisotopic (exact) mass is 422 g/mol. The third-order valence-corrected chi connectivity index (χ3v) is 15.3. The third-order valence-electron chi connectivity index (χ3n) is 6.29. The molecule has 0 bridgehead atoms. The van der Waals surface area contributed by atoms with Crippen LogP contribution in [0, 0.1) is 0 Å². The Hall–Kier alpha value is 0.194. The molecule has 1 unspecified atom stereocenters. The fraction of sp³-hybridized carbons (Fsp3) is 1.00. The fourth-order valence-corrected chi connectivity index (χ4v) is 4.56. The molecule has 1 heterocycles. The lowest BCUT2D eigenvalue weighted by Crippen LogP contribution is -2.56.